The predicted molar refractivity (Wildman–Crippen MR) is 350 cm³/mol. The predicted octanol–water partition coefficient (Wildman–Crippen LogP) is 19.2. The molecule has 0 aliphatic carbocycles. The van der Waals surface area contributed by atoms with Crippen molar-refractivity contribution in [2.45, 2.75) is 27.7 Å². The van der Waals surface area contributed by atoms with Gasteiger partial charge in [0.1, 0.15) is 5.82 Å². The molecule has 8 nitrogen and oxygen atoms in total. The molecule has 16 aromatic rings. The van der Waals surface area contributed by atoms with Crippen LogP contribution in [0, 0.1) is 27.7 Å². The molecule has 0 unspecified atom stereocenters. The fourth-order valence-corrected chi connectivity index (χ4v) is 12.8. The number of hydrogen-bond donors (Lipinski definition) is 0. The second-order valence-corrected chi connectivity index (χ2v) is 22.4. The summed E-state index contributed by atoms with van der Waals surface area (Å²) in [5, 5.41) is 6.00. The van der Waals surface area contributed by atoms with Crippen molar-refractivity contribution in [1.29, 1.82) is 0 Å². The number of aryl methyl sites for hydroxylation is 4. The van der Waals surface area contributed by atoms with Crippen molar-refractivity contribution >= 4 is 65.5 Å². The van der Waals surface area contributed by atoms with Gasteiger partial charge < -0.3 is 9.13 Å². The van der Waals surface area contributed by atoms with Gasteiger partial charge in [-0.3, -0.25) is 9.55 Å². The molecule has 6 aromatic heterocycles. The number of hydrogen-bond acceptors (Lipinski definition) is 5. The molecule has 0 saturated heterocycles. The Kier molecular flexibility index (Phi) is 11.6. The first kappa shape index (κ1) is 49.7. The van der Waals surface area contributed by atoms with Crippen LogP contribution in [0.15, 0.2) is 255 Å². The molecular weight excluding hydrogens is 1040 g/mol. The van der Waals surface area contributed by atoms with Crippen molar-refractivity contribution in [1.82, 2.24) is 38.6 Å². The summed E-state index contributed by atoms with van der Waals surface area (Å²) in [5.74, 6) is 2.50. The molecule has 8 heteroatoms. The van der Waals surface area contributed by atoms with Gasteiger partial charge >= 0.3 is 0 Å². The van der Waals surface area contributed by atoms with Crippen molar-refractivity contribution in [3.8, 4) is 84.9 Å². The third-order valence-electron chi connectivity index (χ3n) is 16.8. The number of nitrogens with zero attached hydrogens (tertiary/aromatic N) is 8. The number of rotatable bonds is 9. The molecule has 0 aliphatic heterocycles. The van der Waals surface area contributed by atoms with Crippen LogP contribution in [-0.4, -0.2) is 38.6 Å². The van der Waals surface area contributed by atoms with Crippen LogP contribution in [0.3, 0.4) is 0 Å². The van der Waals surface area contributed by atoms with E-state index in [2.05, 4.69) is 248 Å². The Morgan fingerprint density at radius 3 is 1.25 bits per heavy atom. The highest BCUT2D eigenvalue weighted by molar-refractivity contribution is 6.12. The lowest BCUT2D eigenvalue weighted by Gasteiger charge is -2.21. The molecule has 6 heterocycles. The van der Waals surface area contributed by atoms with E-state index in [4.69, 9.17) is 24.9 Å². The maximum Gasteiger partial charge on any atom is 0.164 e. The van der Waals surface area contributed by atoms with Gasteiger partial charge in [-0.15, -0.1) is 0 Å². The number of pyridine rings is 2. The van der Waals surface area contributed by atoms with Gasteiger partial charge in [0.05, 0.1) is 44.3 Å². The third-order valence-corrected chi connectivity index (χ3v) is 16.8. The van der Waals surface area contributed by atoms with Gasteiger partial charge in [0.2, 0.25) is 0 Å². The Labute approximate surface area is 491 Å². The van der Waals surface area contributed by atoms with Gasteiger partial charge in [0.25, 0.3) is 0 Å². The first-order valence-corrected chi connectivity index (χ1v) is 28.9. The van der Waals surface area contributed by atoms with Crippen LogP contribution < -0.4 is 0 Å². The lowest BCUT2D eigenvalue weighted by Crippen LogP contribution is -2.06. The molecule has 0 amide bonds. The maximum atomic E-state index is 5.92. The van der Waals surface area contributed by atoms with E-state index in [0.29, 0.717) is 17.5 Å². The quantitative estimate of drug-likeness (QED) is 0.144. The molecule has 0 radical (unpaired) electrons. The SMILES string of the molecule is Cc1ccc2c(c1)c1cc(C)ccc1n2-c1ccc(-c2cc(-c3ccccc3-c3nc(-c4ccccc4)nc(-c4ccccc4)n3)c(-c3ccc(-n4c5ccc(C)cc5c5cc(C)ccc54)cc3)c(-n3c4ccccc4c4ncccc43)n2)cc1. The van der Waals surface area contributed by atoms with Crippen molar-refractivity contribution in [2.24, 2.45) is 0 Å². The summed E-state index contributed by atoms with van der Waals surface area (Å²) in [7, 11) is 0. The minimum absolute atomic E-state index is 0.559. The summed E-state index contributed by atoms with van der Waals surface area (Å²) in [6.07, 6.45) is 1.88. The van der Waals surface area contributed by atoms with E-state index in [-0.39, 0.29) is 0 Å². The van der Waals surface area contributed by atoms with Crippen LogP contribution >= 0.6 is 0 Å². The van der Waals surface area contributed by atoms with Crippen LogP contribution in [-0.2, 0) is 0 Å². The zero-order chi connectivity index (χ0) is 56.9. The normalized spacial score (nSPS) is 11.8. The molecule has 0 saturated carbocycles. The second-order valence-electron chi connectivity index (χ2n) is 22.4. The van der Waals surface area contributed by atoms with Gasteiger partial charge in [-0.25, -0.2) is 19.9 Å². The number of aromatic nitrogens is 8. The smallest absolute Gasteiger partial charge is 0.164 e. The Morgan fingerprint density at radius 1 is 0.282 bits per heavy atom. The summed E-state index contributed by atoms with van der Waals surface area (Å²) >= 11 is 0. The van der Waals surface area contributed by atoms with Gasteiger partial charge in [-0.1, -0.05) is 174 Å². The zero-order valence-corrected chi connectivity index (χ0v) is 47.3. The summed E-state index contributed by atoms with van der Waals surface area (Å²) < 4.78 is 7.09. The van der Waals surface area contributed by atoms with Crippen LogP contribution in [0.25, 0.3) is 150 Å². The van der Waals surface area contributed by atoms with E-state index >= 15 is 0 Å². The van der Waals surface area contributed by atoms with Gasteiger partial charge in [0, 0.05) is 72.3 Å². The van der Waals surface area contributed by atoms with Crippen molar-refractivity contribution in [2.75, 3.05) is 0 Å². The van der Waals surface area contributed by atoms with Crippen LogP contribution in [0.2, 0.25) is 0 Å². The first-order chi connectivity index (χ1) is 41.8. The van der Waals surface area contributed by atoms with Crippen LogP contribution in [0.4, 0.5) is 0 Å². The molecule has 0 bridgehead atoms. The maximum absolute atomic E-state index is 5.92. The monoisotopic (exact) mass is 1090 g/mol. The van der Waals surface area contributed by atoms with E-state index in [1.165, 1.54) is 54.8 Å². The highest BCUT2D eigenvalue weighted by Gasteiger charge is 2.26. The lowest BCUT2D eigenvalue weighted by molar-refractivity contribution is 1.07. The highest BCUT2D eigenvalue weighted by atomic mass is 15.1. The summed E-state index contributed by atoms with van der Waals surface area (Å²) in [6.45, 7) is 8.67. The number of benzene rings is 10. The van der Waals surface area contributed by atoms with Crippen molar-refractivity contribution in [3.05, 3.63) is 277 Å². The van der Waals surface area contributed by atoms with Gasteiger partial charge in [-0.2, -0.15) is 0 Å². The number of fused-ring (bicyclic) bond motifs is 9. The molecule has 10 aromatic carbocycles. The standard InChI is InChI=1S/C77H54N8/c1-47-25-37-67-60(42-47)61-43-48(2)26-38-68(61)83(67)55-33-29-51(30-34-55)65-46-64(57-20-11-12-21-58(57)76-81-74(53-16-7-5-8-17-53)80-75(82-76)54-18-9-6-10-19-54)72(77(79-65)85-66-23-14-13-22-59(66)73-71(85)24-15-41-78-73)52-31-35-56(36-32-52)84-69-39-27-49(3)44-62(69)63-45-50(4)28-40-70(63)84/h5-46H,1-4H3. The van der Waals surface area contributed by atoms with E-state index < -0.39 is 0 Å². The average Bonchev–Trinajstić information content (AvgIpc) is 1.95. The lowest BCUT2D eigenvalue weighted by atomic mass is 9.90. The fourth-order valence-electron chi connectivity index (χ4n) is 12.8. The number of para-hydroxylation sites is 1. The first-order valence-electron chi connectivity index (χ1n) is 28.9. The Hall–Kier alpha value is -11.1. The molecule has 0 spiro atoms. The topological polar surface area (TPSA) is 79.2 Å². The van der Waals surface area contributed by atoms with Crippen LogP contribution in [0.5, 0.6) is 0 Å². The van der Waals surface area contributed by atoms with Crippen LogP contribution in [0.1, 0.15) is 22.3 Å². The molecule has 16 rings (SSSR count). The largest absolute Gasteiger partial charge is 0.309 e. The molecule has 0 aliphatic rings. The van der Waals surface area contributed by atoms with Crippen molar-refractivity contribution in [3.63, 3.8) is 0 Å². The molecule has 85 heavy (non-hydrogen) atoms. The van der Waals surface area contributed by atoms with E-state index in [1.807, 2.05) is 48.7 Å². The Bertz CT molecular complexity index is 5090. The summed E-state index contributed by atoms with van der Waals surface area (Å²) in [6, 6.07) is 88.9. The minimum atomic E-state index is 0.559. The minimum Gasteiger partial charge on any atom is -0.309 e. The van der Waals surface area contributed by atoms with E-state index in [0.717, 1.165) is 100 Å². The fraction of sp³-hybridized carbons (Fsp3) is 0.0519. The summed E-state index contributed by atoms with van der Waals surface area (Å²) in [4.78, 5) is 26.8. The van der Waals surface area contributed by atoms with Gasteiger partial charge in [-0.05, 0) is 141 Å². The molecule has 0 fully saturated rings. The van der Waals surface area contributed by atoms with E-state index in [1.54, 1.807) is 0 Å². The molecule has 0 atom stereocenters. The van der Waals surface area contributed by atoms with Crippen molar-refractivity contribution < 1.29 is 0 Å². The molecular formula is C77H54N8. The van der Waals surface area contributed by atoms with E-state index in [9.17, 15) is 0 Å². The third kappa shape index (κ3) is 8.32. The molecule has 0 N–H and O–H groups in total. The molecule has 402 valence electrons. The van der Waals surface area contributed by atoms with Gasteiger partial charge in [0.15, 0.2) is 17.5 Å². The summed E-state index contributed by atoms with van der Waals surface area (Å²) in [5.41, 5.74) is 22.8. The Balaban J connectivity index is 0.977. The second kappa shape index (κ2) is 19.8. The average molecular weight is 1090 g/mol. The Morgan fingerprint density at radius 2 is 0.718 bits per heavy atom. The highest BCUT2D eigenvalue weighted by Crippen LogP contribution is 2.46. The zero-order valence-electron chi connectivity index (χ0n) is 47.3.